The molecule has 0 spiro atoms. The van der Waals surface area contributed by atoms with Crippen LogP contribution in [0.25, 0.3) is 82.8 Å². The Kier molecular flexibility index (Phi) is 8.87. The zero-order chi connectivity index (χ0) is 41.7. The molecule has 0 unspecified atom stereocenters. The lowest BCUT2D eigenvalue weighted by atomic mass is 9.95. The van der Waals surface area contributed by atoms with Crippen LogP contribution in [0, 0.1) is 12.1 Å². The van der Waals surface area contributed by atoms with Crippen molar-refractivity contribution in [2.75, 3.05) is 4.90 Å². The van der Waals surface area contributed by atoms with Crippen LogP contribution in [-0.4, -0.2) is 9.13 Å². The van der Waals surface area contributed by atoms with Gasteiger partial charge in [-0.15, -0.1) is 0 Å². The second kappa shape index (κ2) is 15.3. The Labute approximate surface area is 367 Å². The lowest BCUT2D eigenvalue weighted by Gasteiger charge is -2.28. The molecule has 11 aromatic rings. The third-order valence-corrected chi connectivity index (χ3v) is 12.6. The molecule has 3 heteroatoms. The fraction of sp³-hybridized carbons (Fsp3) is 0.0333. The van der Waals surface area contributed by atoms with Crippen molar-refractivity contribution in [1.29, 1.82) is 0 Å². The Balaban J connectivity index is 1.04. The van der Waals surface area contributed by atoms with Gasteiger partial charge in [-0.05, 0) is 126 Å². The van der Waals surface area contributed by atoms with Crippen molar-refractivity contribution in [2.45, 2.75) is 12.8 Å². The molecule has 3 nitrogen and oxygen atoms in total. The van der Waals surface area contributed by atoms with Crippen LogP contribution in [0.1, 0.15) is 18.4 Å². The minimum atomic E-state index is 0.925. The monoisotopic (exact) mass is 803 g/mol. The van der Waals surface area contributed by atoms with E-state index in [0.717, 1.165) is 57.9 Å². The van der Waals surface area contributed by atoms with Crippen molar-refractivity contribution in [1.82, 2.24) is 9.13 Å². The highest BCUT2D eigenvalue weighted by Crippen LogP contribution is 2.45. The summed E-state index contributed by atoms with van der Waals surface area (Å²) in [4.78, 5) is 2.38. The molecule has 0 saturated carbocycles. The summed E-state index contributed by atoms with van der Waals surface area (Å²) >= 11 is 0. The van der Waals surface area contributed by atoms with Crippen LogP contribution in [0.3, 0.4) is 0 Å². The van der Waals surface area contributed by atoms with Crippen LogP contribution in [0.4, 0.5) is 17.1 Å². The summed E-state index contributed by atoms with van der Waals surface area (Å²) in [5.41, 5.74) is 17.2. The van der Waals surface area contributed by atoms with Gasteiger partial charge in [0.2, 0.25) is 0 Å². The molecule has 2 heterocycles. The predicted octanol–water partition coefficient (Wildman–Crippen LogP) is 16.0. The van der Waals surface area contributed by atoms with Crippen molar-refractivity contribution in [2.24, 2.45) is 0 Å². The fourth-order valence-corrected chi connectivity index (χ4v) is 9.76. The maximum absolute atomic E-state index is 3.69. The molecule has 0 aliphatic heterocycles. The van der Waals surface area contributed by atoms with Gasteiger partial charge >= 0.3 is 0 Å². The average Bonchev–Trinajstić information content (AvgIpc) is 3.88. The normalized spacial score (nSPS) is 12.5. The molecular weight excluding hydrogens is 763 g/mol. The van der Waals surface area contributed by atoms with E-state index in [1.807, 2.05) is 0 Å². The van der Waals surface area contributed by atoms with Gasteiger partial charge in [-0.3, -0.25) is 0 Å². The smallest absolute Gasteiger partial charge is 0.0974 e. The summed E-state index contributed by atoms with van der Waals surface area (Å²) < 4.78 is 4.76. The van der Waals surface area contributed by atoms with Crippen molar-refractivity contribution >= 4 is 66.2 Å². The van der Waals surface area contributed by atoms with E-state index in [0.29, 0.717) is 0 Å². The van der Waals surface area contributed by atoms with E-state index in [1.165, 1.54) is 60.4 Å². The number of aromatic nitrogens is 2. The SMILES string of the molecule is c1c(-c2ccc3c(c2)c2ccccc2n3-c2ccccc2)ccc(N(c2ccc3c(c2)c2c(-c4ccccc4)cccc2n3-c2ccccc2)c2ccccc2C2=CC=CCC2)c#1. The quantitative estimate of drug-likeness (QED) is 0.149. The zero-order valence-electron chi connectivity index (χ0n) is 34.6. The van der Waals surface area contributed by atoms with Gasteiger partial charge in [0.25, 0.3) is 0 Å². The number of rotatable bonds is 8. The maximum atomic E-state index is 3.69. The lowest BCUT2D eigenvalue weighted by Crippen LogP contribution is -2.12. The second-order valence-electron chi connectivity index (χ2n) is 16.3. The largest absolute Gasteiger partial charge is 0.309 e. The number of fused-ring (bicyclic) bond motifs is 6. The van der Waals surface area contributed by atoms with Crippen LogP contribution in [0.15, 0.2) is 224 Å². The van der Waals surface area contributed by atoms with E-state index in [1.54, 1.807) is 0 Å². The Hall–Kier alpha value is -8.32. The molecular formula is C60H41N3. The summed E-state index contributed by atoms with van der Waals surface area (Å²) in [5.74, 6) is 0. The minimum absolute atomic E-state index is 0.925. The van der Waals surface area contributed by atoms with Gasteiger partial charge in [-0.1, -0.05) is 146 Å². The number of benzene rings is 8. The number of hydrogen-bond donors (Lipinski definition) is 0. The first-order valence-corrected chi connectivity index (χ1v) is 21.7. The van der Waals surface area contributed by atoms with Gasteiger partial charge in [-0.25, -0.2) is 0 Å². The van der Waals surface area contributed by atoms with E-state index in [2.05, 4.69) is 251 Å². The van der Waals surface area contributed by atoms with E-state index < -0.39 is 0 Å². The molecule has 2 aromatic heterocycles. The maximum Gasteiger partial charge on any atom is 0.0974 e. The molecule has 0 fully saturated rings. The first-order valence-electron chi connectivity index (χ1n) is 21.7. The number of anilines is 3. The summed E-state index contributed by atoms with van der Waals surface area (Å²) in [6.45, 7) is 0. The summed E-state index contributed by atoms with van der Waals surface area (Å²) in [5, 5.41) is 4.87. The van der Waals surface area contributed by atoms with Crippen molar-refractivity contribution in [3.05, 3.63) is 242 Å². The summed E-state index contributed by atoms with van der Waals surface area (Å²) in [6.07, 6.45) is 8.73. The Morgan fingerprint density at radius 3 is 1.86 bits per heavy atom. The van der Waals surface area contributed by atoms with Crippen LogP contribution in [0.2, 0.25) is 0 Å². The van der Waals surface area contributed by atoms with Crippen LogP contribution >= 0.6 is 0 Å². The Morgan fingerprint density at radius 2 is 1.10 bits per heavy atom. The van der Waals surface area contributed by atoms with E-state index in [9.17, 15) is 0 Å². The topological polar surface area (TPSA) is 13.1 Å². The molecule has 0 N–H and O–H groups in total. The number of hydrogen-bond acceptors (Lipinski definition) is 1. The van der Waals surface area contributed by atoms with Crippen molar-refractivity contribution in [3.63, 3.8) is 0 Å². The molecule has 296 valence electrons. The molecule has 0 bridgehead atoms. The molecule has 9 aromatic carbocycles. The highest BCUT2D eigenvalue weighted by molar-refractivity contribution is 6.17. The highest BCUT2D eigenvalue weighted by atomic mass is 15.1. The van der Waals surface area contributed by atoms with E-state index >= 15 is 0 Å². The van der Waals surface area contributed by atoms with Crippen molar-refractivity contribution in [3.8, 4) is 33.6 Å². The zero-order valence-corrected chi connectivity index (χ0v) is 34.6. The standard InChI is InChI=1S/C60H41N3/c1-5-18-43(19-6-1)50-26-13-15-29-55(50)61(48-35-32-42(33-36-48)45-34-38-57-53(40-45)52-27-14-16-30-56(52)62(57)46-22-9-3-10-23-46)49-37-39-58-54(41-49)60-51(44-20-7-2-8-21-44)28-17-31-59(60)63(58)47-24-11-4-12-25-47/h1-5,7-18,20-32,34-35,37-41H,6,19H2. The van der Waals surface area contributed by atoms with E-state index in [4.69, 9.17) is 0 Å². The van der Waals surface area contributed by atoms with Crippen LogP contribution in [-0.2, 0) is 0 Å². The third kappa shape index (κ3) is 6.23. The average molecular weight is 804 g/mol. The highest BCUT2D eigenvalue weighted by Gasteiger charge is 2.22. The molecule has 0 radical (unpaired) electrons. The summed E-state index contributed by atoms with van der Waals surface area (Å²) in [6, 6.07) is 81.8. The third-order valence-electron chi connectivity index (χ3n) is 12.6. The van der Waals surface area contributed by atoms with Gasteiger partial charge < -0.3 is 14.0 Å². The number of nitrogens with zero attached hydrogens (tertiary/aromatic N) is 3. The van der Waals surface area contributed by atoms with Gasteiger partial charge in [0.05, 0.1) is 33.4 Å². The first kappa shape index (κ1) is 36.5. The first-order chi connectivity index (χ1) is 31.3. The molecule has 0 amide bonds. The van der Waals surface area contributed by atoms with Gasteiger partial charge in [-0.2, -0.15) is 0 Å². The molecule has 0 atom stereocenters. The molecule has 1 aliphatic rings. The summed E-state index contributed by atoms with van der Waals surface area (Å²) in [7, 11) is 0. The number of para-hydroxylation sites is 4. The Bertz CT molecular complexity index is 3540. The van der Waals surface area contributed by atoms with Gasteiger partial charge in [0, 0.05) is 49.7 Å². The second-order valence-corrected chi connectivity index (χ2v) is 16.3. The number of allylic oxidation sites excluding steroid dienone is 4. The van der Waals surface area contributed by atoms with Crippen LogP contribution < -0.4 is 4.90 Å². The molecule has 12 rings (SSSR count). The molecule has 0 saturated heterocycles. The van der Waals surface area contributed by atoms with Gasteiger partial charge in [0.15, 0.2) is 0 Å². The fourth-order valence-electron chi connectivity index (χ4n) is 9.76. The van der Waals surface area contributed by atoms with Gasteiger partial charge in [0.1, 0.15) is 0 Å². The predicted molar refractivity (Wildman–Crippen MR) is 265 cm³/mol. The van der Waals surface area contributed by atoms with E-state index in [-0.39, 0.29) is 0 Å². The van der Waals surface area contributed by atoms with Crippen LogP contribution in [0.5, 0.6) is 0 Å². The molecule has 1 aliphatic carbocycles. The van der Waals surface area contributed by atoms with Crippen molar-refractivity contribution < 1.29 is 0 Å². The Morgan fingerprint density at radius 1 is 0.444 bits per heavy atom. The molecule has 63 heavy (non-hydrogen) atoms. The lowest BCUT2D eigenvalue weighted by molar-refractivity contribution is 1.05. The minimum Gasteiger partial charge on any atom is -0.309 e.